The van der Waals surface area contributed by atoms with Gasteiger partial charge in [-0.3, -0.25) is 4.79 Å². The van der Waals surface area contributed by atoms with Crippen molar-refractivity contribution in [3.63, 3.8) is 0 Å². The lowest BCUT2D eigenvalue weighted by molar-refractivity contribution is 0.0955. The second kappa shape index (κ2) is 9.14. The molecule has 3 aromatic rings. The summed E-state index contributed by atoms with van der Waals surface area (Å²) in [6, 6.07) is 23.0. The summed E-state index contributed by atoms with van der Waals surface area (Å²) in [5, 5.41) is 4.03. The Morgan fingerprint density at radius 2 is 1.89 bits per heavy atom. The van der Waals surface area contributed by atoms with E-state index in [0.717, 1.165) is 26.9 Å². The van der Waals surface area contributed by atoms with Gasteiger partial charge in [0, 0.05) is 5.56 Å². The summed E-state index contributed by atoms with van der Waals surface area (Å²) in [5.74, 6) is 0.511. The highest BCUT2D eigenvalue weighted by Crippen LogP contribution is 2.26. The number of aryl methyl sites for hydroxylation is 1. The number of halogens is 1. The molecule has 0 bridgehead atoms. The van der Waals surface area contributed by atoms with E-state index in [1.165, 1.54) is 0 Å². The van der Waals surface area contributed by atoms with Crippen LogP contribution in [0.1, 0.15) is 27.0 Å². The molecule has 0 aliphatic carbocycles. The minimum atomic E-state index is -0.239. The second-order valence-corrected chi connectivity index (χ2v) is 6.89. The van der Waals surface area contributed by atoms with Gasteiger partial charge in [0.1, 0.15) is 12.4 Å². The van der Waals surface area contributed by atoms with Crippen LogP contribution in [0.15, 0.2) is 82.4 Å². The van der Waals surface area contributed by atoms with Crippen LogP contribution in [0.2, 0.25) is 0 Å². The Kier molecular flexibility index (Phi) is 6.39. The number of carbonyl (C=O) groups excluding carboxylic acids is 1. The van der Waals surface area contributed by atoms with Crippen LogP contribution in [0.3, 0.4) is 0 Å². The number of hydrogen-bond donors (Lipinski definition) is 1. The predicted molar refractivity (Wildman–Crippen MR) is 111 cm³/mol. The maximum atomic E-state index is 12.1. The third kappa shape index (κ3) is 5.53. The van der Waals surface area contributed by atoms with Gasteiger partial charge < -0.3 is 4.74 Å². The number of hydrogen-bond acceptors (Lipinski definition) is 3. The van der Waals surface area contributed by atoms with Crippen LogP contribution in [0.4, 0.5) is 0 Å². The Morgan fingerprint density at radius 3 is 2.63 bits per heavy atom. The van der Waals surface area contributed by atoms with Gasteiger partial charge in [-0.2, -0.15) is 5.10 Å². The zero-order valence-corrected chi connectivity index (χ0v) is 16.4. The first-order valence-electron chi connectivity index (χ1n) is 8.48. The van der Waals surface area contributed by atoms with Crippen molar-refractivity contribution in [1.29, 1.82) is 0 Å². The maximum Gasteiger partial charge on any atom is 0.271 e. The van der Waals surface area contributed by atoms with Crippen LogP contribution in [-0.4, -0.2) is 12.1 Å². The fourth-order valence-corrected chi connectivity index (χ4v) is 2.98. The van der Waals surface area contributed by atoms with Crippen molar-refractivity contribution in [2.45, 2.75) is 13.5 Å². The van der Waals surface area contributed by atoms with Crippen molar-refractivity contribution < 1.29 is 9.53 Å². The lowest BCUT2D eigenvalue weighted by Crippen LogP contribution is -2.17. The van der Waals surface area contributed by atoms with Gasteiger partial charge in [-0.25, -0.2) is 5.43 Å². The zero-order chi connectivity index (χ0) is 19.1. The van der Waals surface area contributed by atoms with Crippen LogP contribution in [0, 0.1) is 6.92 Å². The molecule has 0 aromatic heterocycles. The lowest BCUT2D eigenvalue weighted by atomic mass is 10.1. The van der Waals surface area contributed by atoms with Gasteiger partial charge in [-0.15, -0.1) is 0 Å². The second-order valence-electron chi connectivity index (χ2n) is 6.03. The quantitative estimate of drug-likeness (QED) is 0.443. The minimum Gasteiger partial charge on any atom is -0.488 e. The number of hydrazone groups is 1. The molecule has 0 saturated carbocycles. The lowest BCUT2D eigenvalue weighted by Gasteiger charge is -2.08. The zero-order valence-electron chi connectivity index (χ0n) is 14.9. The van der Waals surface area contributed by atoms with Gasteiger partial charge in [0.05, 0.1) is 10.7 Å². The first-order chi connectivity index (χ1) is 13.1. The number of benzene rings is 3. The summed E-state index contributed by atoms with van der Waals surface area (Å²) in [4.78, 5) is 12.1. The SMILES string of the molecule is Cc1cccc(C(=O)N/N=C/c2ccc(OCc3ccccc3)c(Br)c2)c1. The van der Waals surface area contributed by atoms with Crippen LogP contribution in [0.25, 0.3) is 0 Å². The van der Waals surface area contributed by atoms with Crippen molar-refractivity contribution in [3.8, 4) is 5.75 Å². The van der Waals surface area contributed by atoms with Crippen LogP contribution < -0.4 is 10.2 Å². The molecule has 1 amide bonds. The molecule has 0 radical (unpaired) electrons. The summed E-state index contributed by atoms with van der Waals surface area (Å²) in [6.45, 7) is 2.44. The Labute approximate surface area is 167 Å². The Balaban J connectivity index is 1.58. The third-order valence-corrected chi connectivity index (χ3v) is 4.47. The average Bonchev–Trinajstić information content (AvgIpc) is 2.68. The summed E-state index contributed by atoms with van der Waals surface area (Å²) < 4.78 is 6.65. The molecule has 0 saturated heterocycles. The van der Waals surface area contributed by atoms with Crippen LogP contribution >= 0.6 is 15.9 Å². The standard InChI is InChI=1S/C22H19BrN2O2/c1-16-6-5-9-19(12-16)22(26)25-24-14-18-10-11-21(20(23)13-18)27-15-17-7-3-2-4-8-17/h2-14H,15H2,1H3,(H,25,26)/b24-14+. The summed E-state index contributed by atoms with van der Waals surface area (Å²) in [6.07, 6.45) is 1.60. The molecule has 1 N–H and O–H groups in total. The van der Waals surface area contributed by atoms with Gasteiger partial charge in [0.2, 0.25) is 0 Å². The fourth-order valence-electron chi connectivity index (χ4n) is 2.47. The van der Waals surface area contributed by atoms with E-state index in [-0.39, 0.29) is 5.91 Å². The van der Waals surface area contributed by atoms with Crippen molar-refractivity contribution in [1.82, 2.24) is 5.43 Å². The number of ether oxygens (including phenoxy) is 1. The molecule has 0 fully saturated rings. The highest BCUT2D eigenvalue weighted by atomic mass is 79.9. The molecule has 3 rings (SSSR count). The normalized spacial score (nSPS) is 10.7. The fraction of sp³-hybridized carbons (Fsp3) is 0.0909. The summed E-state index contributed by atoms with van der Waals surface area (Å²) >= 11 is 3.51. The van der Waals surface area contributed by atoms with E-state index in [4.69, 9.17) is 4.74 Å². The van der Waals surface area contributed by atoms with E-state index >= 15 is 0 Å². The predicted octanol–water partition coefficient (Wildman–Crippen LogP) is 5.10. The largest absolute Gasteiger partial charge is 0.488 e. The van der Waals surface area contributed by atoms with Crippen molar-refractivity contribution in [2.75, 3.05) is 0 Å². The van der Waals surface area contributed by atoms with Crippen LogP contribution in [-0.2, 0) is 6.61 Å². The van der Waals surface area contributed by atoms with E-state index in [1.54, 1.807) is 12.3 Å². The van der Waals surface area contributed by atoms with E-state index < -0.39 is 0 Å². The molecule has 0 spiro atoms. The Morgan fingerprint density at radius 1 is 1.07 bits per heavy atom. The number of nitrogens with one attached hydrogen (secondary N) is 1. The molecule has 0 aliphatic rings. The monoisotopic (exact) mass is 422 g/mol. The highest BCUT2D eigenvalue weighted by molar-refractivity contribution is 9.10. The maximum absolute atomic E-state index is 12.1. The van der Waals surface area contributed by atoms with E-state index in [1.807, 2.05) is 73.7 Å². The smallest absolute Gasteiger partial charge is 0.271 e. The summed E-state index contributed by atoms with van der Waals surface area (Å²) in [5.41, 5.74) is 6.10. The number of nitrogens with zero attached hydrogens (tertiary/aromatic N) is 1. The Bertz CT molecular complexity index is 956. The molecule has 0 heterocycles. The van der Waals surface area contributed by atoms with Crippen molar-refractivity contribution in [2.24, 2.45) is 5.10 Å². The molecular weight excluding hydrogens is 404 g/mol. The molecule has 0 atom stereocenters. The van der Waals surface area contributed by atoms with Gasteiger partial charge >= 0.3 is 0 Å². The number of carbonyl (C=O) groups is 1. The van der Waals surface area contributed by atoms with Gasteiger partial charge in [0.25, 0.3) is 5.91 Å². The number of rotatable bonds is 6. The van der Waals surface area contributed by atoms with Gasteiger partial charge in [0.15, 0.2) is 0 Å². The average molecular weight is 423 g/mol. The molecule has 3 aromatic carbocycles. The molecule has 136 valence electrons. The van der Waals surface area contributed by atoms with Gasteiger partial charge in [-0.05, 0) is 64.3 Å². The molecule has 0 unspecified atom stereocenters. The molecule has 4 nitrogen and oxygen atoms in total. The van der Waals surface area contributed by atoms with Crippen molar-refractivity contribution >= 4 is 28.1 Å². The molecule has 27 heavy (non-hydrogen) atoms. The third-order valence-electron chi connectivity index (χ3n) is 3.85. The van der Waals surface area contributed by atoms with Crippen LogP contribution in [0.5, 0.6) is 5.75 Å². The van der Waals surface area contributed by atoms with E-state index in [0.29, 0.717) is 12.2 Å². The van der Waals surface area contributed by atoms with Gasteiger partial charge in [-0.1, -0.05) is 48.0 Å². The first-order valence-corrected chi connectivity index (χ1v) is 9.27. The molecular formula is C22H19BrN2O2. The van der Waals surface area contributed by atoms with Crippen molar-refractivity contribution in [3.05, 3.63) is 99.5 Å². The topological polar surface area (TPSA) is 50.7 Å². The minimum absolute atomic E-state index is 0.239. The number of amides is 1. The molecule has 5 heteroatoms. The summed E-state index contributed by atoms with van der Waals surface area (Å²) in [7, 11) is 0. The molecule has 0 aliphatic heterocycles. The van der Waals surface area contributed by atoms with E-state index in [2.05, 4.69) is 26.5 Å². The van der Waals surface area contributed by atoms with E-state index in [9.17, 15) is 4.79 Å². The highest BCUT2D eigenvalue weighted by Gasteiger charge is 2.05. The Hall–Kier alpha value is -2.92. The first kappa shape index (κ1) is 18.9.